The first kappa shape index (κ1) is 12.6. The Bertz CT molecular complexity index is 899. The van der Waals surface area contributed by atoms with Crippen LogP contribution in [0.3, 0.4) is 0 Å². The molecule has 6 heteroatoms. The molecular formula is C16H11N3O3. The summed E-state index contributed by atoms with van der Waals surface area (Å²) >= 11 is 0. The van der Waals surface area contributed by atoms with E-state index in [9.17, 15) is 4.79 Å². The Morgan fingerprint density at radius 3 is 2.68 bits per heavy atom. The normalized spacial score (nSPS) is 13.9. The van der Waals surface area contributed by atoms with Gasteiger partial charge in [-0.2, -0.15) is 0 Å². The van der Waals surface area contributed by atoms with E-state index in [4.69, 9.17) is 4.74 Å². The SMILES string of the molecule is O=C1COc2ccc(/C=C/c3ccc4nonc4c3)cc2N1. The molecule has 1 aliphatic rings. The van der Waals surface area contributed by atoms with Crippen LogP contribution in [0.2, 0.25) is 0 Å². The number of hydrogen-bond acceptors (Lipinski definition) is 5. The fourth-order valence-electron chi connectivity index (χ4n) is 2.30. The second-order valence-corrected chi connectivity index (χ2v) is 4.94. The van der Waals surface area contributed by atoms with E-state index < -0.39 is 0 Å². The Morgan fingerprint density at radius 2 is 1.77 bits per heavy atom. The van der Waals surface area contributed by atoms with Gasteiger partial charge >= 0.3 is 0 Å². The van der Waals surface area contributed by atoms with Gasteiger partial charge in [-0.25, -0.2) is 4.63 Å². The molecule has 108 valence electrons. The van der Waals surface area contributed by atoms with Crippen molar-refractivity contribution in [1.29, 1.82) is 0 Å². The van der Waals surface area contributed by atoms with Crippen molar-refractivity contribution in [3.63, 3.8) is 0 Å². The molecule has 1 aromatic heterocycles. The van der Waals surface area contributed by atoms with Crippen LogP contribution in [0.4, 0.5) is 5.69 Å². The van der Waals surface area contributed by atoms with Gasteiger partial charge in [0.25, 0.3) is 5.91 Å². The van der Waals surface area contributed by atoms with Gasteiger partial charge in [0.2, 0.25) is 0 Å². The van der Waals surface area contributed by atoms with Gasteiger partial charge in [0, 0.05) is 0 Å². The number of nitrogens with zero attached hydrogens (tertiary/aromatic N) is 2. The zero-order valence-corrected chi connectivity index (χ0v) is 11.4. The molecule has 0 atom stereocenters. The molecule has 6 nitrogen and oxygen atoms in total. The molecule has 2 heterocycles. The van der Waals surface area contributed by atoms with Gasteiger partial charge < -0.3 is 10.1 Å². The molecule has 0 radical (unpaired) electrons. The van der Waals surface area contributed by atoms with Gasteiger partial charge in [-0.1, -0.05) is 24.3 Å². The minimum absolute atomic E-state index is 0.0634. The third-order valence-electron chi connectivity index (χ3n) is 3.38. The molecule has 0 saturated carbocycles. The number of carbonyl (C=O) groups excluding carboxylic acids is 1. The van der Waals surface area contributed by atoms with Crippen molar-refractivity contribution in [2.75, 3.05) is 11.9 Å². The molecule has 1 aliphatic heterocycles. The summed E-state index contributed by atoms with van der Waals surface area (Å²) in [5.74, 6) is 0.546. The predicted octanol–water partition coefficient (Wildman–Crippen LogP) is 2.72. The Hall–Kier alpha value is -3.15. The van der Waals surface area contributed by atoms with Crippen LogP contribution in [0.15, 0.2) is 41.0 Å². The second-order valence-electron chi connectivity index (χ2n) is 4.94. The monoisotopic (exact) mass is 293 g/mol. The quantitative estimate of drug-likeness (QED) is 0.735. The third kappa shape index (κ3) is 2.31. The fourth-order valence-corrected chi connectivity index (χ4v) is 2.30. The number of benzene rings is 2. The number of nitrogens with one attached hydrogen (secondary N) is 1. The first-order valence-corrected chi connectivity index (χ1v) is 6.75. The first-order chi connectivity index (χ1) is 10.8. The summed E-state index contributed by atoms with van der Waals surface area (Å²) in [7, 11) is 0. The number of aromatic nitrogens is 2. The lowest BCUT2D eigenvalue weighted by molar-refractivity contribution is -0.118. The molecule has 22 heavy (non-hydrogen) atoms. The van der Waals surface area contributed by atoms with Crippen molar-refractivity contribution < 1.29 is 14.2 Å². The van der Waals surface area contributed by atoms with E-state index in [2.05, 4.69) is 20.3 Å². The molecule has 2 aromatic carbocycles. The molecule has 0 unspecified atom stereocenters. The van der Waals surface area contributed by atoms with Crippen LogP contribution in [0.25, 0.3) is 23.2 Å². The predicted molar refractivity (Wildman–Crippen MR) is 81.3 cm³/mol. The summed E-state index contributed by atoms with van der Waals surface area (Å²) in [4.78, 5) is 11.3. The molecular weight excluding hydrogens is 282 g/mol. The number of anilines is 1. The maximum absolute atomic E-state index is 11.3. The minimum atomic E-state index is -0.141. The topological polar surface area (TPSA) is 77.2 Å². The number of carbonyl (C=O) groups is 1. The van der Waals surface area contributed by atoms with Crippen LogP contribution < -0.4 is 10.1 Å². The molecule has 1 N–H and O–H groups in total. The number of ether oxygens (including phenoxy) is 1. The van der Waals surface area contributed by atoms with E-state index in [1.807, 2.05) is 48.6 Å². The highest BCUT2D eigenvalue weighted by Gasteiger charge is 2.15. The van der Waals surface area contributed by atoms with Gasteiger partial charge in [0.05, 0.1) is 5.69 Å². The lowest BCUT2D eigenvalue weighted by Crippen LogP contribution is -2.25. The van der Waals surface area contributed by atoms with Gasteiger partial charge in [0.1, 0.15) is 16.8 Å². The lowest BCUT2D eigenvalue weighted by atomic mass is 10.1. The summed E-state index contributed by atoms with van der Waals surface area (Å²) < 4.78 is 10.0. The molecule has 4 rings (SSSR count). The molecule has 0 fully saturated rings. The maximum Gasteiger partial charge on any atom is 0.262 e. The zero-order valence-electron chi connectivity index (χ0n) is 11.4. The van der Waals surface area contributed by atoms with Gasteiger partial charge in [-0.15, -0.1) is 0 Å². The Labute approximate surface area is 125 Å². The molecule has 0 aliphatic carbocycles. The zero-order chi connectivity index (χ0) is 14.9. The van der Waals surface area contributed by atoms with Crippen LogP contribution in [0.1, 0.15) is 11.1 Å². The maximum atomic E-state index is 11.3. The first-order valence-electron chi connectivity index (χ1n) is 6.75. The van der Waals surface area contributed by atoms with Gasteiger partial charge in [-0.3, -0.25) is 4.79 Å². The highest BCUT2D eigenvalue weighted by Crippen LogP contribution is 2.29. The molecule has 0 saturated heterocycles. The average Bonchev–Trinajstić information content (AvgIpc) is 3.00. The van der Waals surface area contributed by atoms with Crippen LogP contribution >= 0.6 is 0 Å². The Kier molecular flexibility index (Phi) is 2.86. The van der Waals surface area contributed by atoms with Crippen molar-refractivity contribution in [1.82, 2.24) is 10.3 Å². The van der Waals surface area contributed by atoms with Crippen LogP contribution in [0, 0.1) is 0 Å². The van der Waals surface area contributed by atoms with Crippen molar-refractivity contribution in [3.05, 3.63) is 47.5 Å². The summed E-state index contributed by atoms with van der Waals surface area (Å²) in [6, 6.07) is 11.3. The van der Waals surface area contributed by atoms with E-state index in [1.54, 1.807) is 0 Å². The molecule has 1 amide bonds. The number of hydrogen-bond donors (Lipinski definition) is 1. The number of amides is 1. The summed E-state index contributed by atoms with van der Waals surface area (Å²) in [5.41, 5.74) is 4.08. The van der Waals surface area contributed by atoms with Gasteiger partial charge in [-0.05, 0) is 45.7 Å². The second kappa shape index (κ2) is 5.00. The summed E-state index contributed by atoms with van der Waals surface area (Å²) in [5, 5.41) is 10.4. The van der Waals surface area contributed by atoms with E-state index in [0.717, 1.165) is 16.6 Å². The molecule has 0 bridgehead atoms. The van der Waals surface area contributed by atoms with Crippen LogP contribution in [-0.2, 0) is 4.79 Å². The standard InChI is InChI=1S/C16H11N3O3/c20-16-9-21-15-6-4-11(8-14(15)17-16)2-1-10-3-5-12-13(7-10)19-22-18-12/h1-8H,9H2,(H,17,20)/b2-1+. The summed E-state index contributed by atoms with van der Waals surface area (Å²) in [6.45, 7) is 0.0634. The fraction of sp³-hybridized carbons (Fsp3) is 0.0625. The van der Waals surface area contributed by atoms with E-state index in [1.165, 1.54) is 0 Å². The van der Waals surface area contributed by atoms with Crippen LogP contribution in [0.5, 0.6) is 5.75 Å². The molecule has 3 aromatic rings. The van der Waals surface area contributed by atoms with Crippen molar-refractivity contribution in [3.8, 4) is 5.75 Å². The number of rotatable bonds is 2. The smallest absolute Gasteiger partial charge is 0.262 e. The summed E-state index contributed by atoms with van der Waals surface area (Å²) in [6.07, 6.45) is 3.91. The minimum Gasteiger partial charge on any atom is -0.482 e. The third-order valence-corrected chi connectivity index (χ3v) is 3.38. The Morgan fingerprint density at radius 1 is 1.00 bits per heavy atom. The van der Waals surface area contributed by atoms with Gasteiger partial charge in [0.15, 0.2) is 6.61 Å². The highest BCUT2D eigenvalue weighted by molar-refractivity contribution is 5.96. The van der Waals surface area contributed by atoms with Crippen molar-refractivity contribution in [2.24, 2.45) is 0 Å². The Balaban J connectivity index is 1.62. The van der Waals surface area contributed by atoms with Crippen molar-refractivity contribution in [2.45, 2.75) is 0 Å². The van der Waals surface area contributed by atoms with E-state index in [-0.39, 0.29) is 12.5 Å². The van der Waals surface area contributed by atoms with E-state index >= 15 is 0 Å². The highest BCUT2D eigenvalue weighted by atomic mass is 16.6. The van der Waals surface area contributed by atoms with E-state index in [0.29, 0.717) is 17.0 Å². The number of fused-ring (bicyclic) bond motifs is 2. The average molecular weight is 293 g/mol. The lowest BCUT2D eigenvalue weighted by Gasteiger charge is -2.17. The van der Waals surface area contributed by atoms with Crippen LogP contribution in [-0.4, -0.2) is 22.8 Å². The largest absolute Gasteiger partial charge is 0.482 e. The molecule has 0 spiro atoms. The van der Waals surface area contributed by atoms with Crippen molar-refractivity contribution >= 4 is 34.8 Å².